The smallest absolute Gasteiger partial charge is 0.175 e. The van der Waals surface area contributed by atoms with Gasteiger partial charge in [-0.05, 0) is 61.3 Å². The molecule has 0 fully saturated rings. The van der Waals surface area contributed by atoms with Gasteiger partial charge in [0.25, 0.3) is 0 Å². The summed E-state index contributed by atoms with van der Waals surface area (Å²) in [5, 5.41) is 6.97. The standard InChI is InChI=1S/C15H16N2S2/c1-11-5-3-6-12(9-11)16-15(18)17-13-7-4-8-14(10-13)19-2/h3-10H,1-2H3,(H2,16,17,18). The second-order valence-corrected chi connectivity index (χ2v) is 5.47. The second kappa shape index (κ2) is 6.59. The summed E-state index contributed by atoms with van der Waals surface area (Å²) in [6, 6.07) is 16.3. The Kier molecular flexibility index (Phi) is 4.82. The molecule has 0 amide bonds. The molecule has 0 aliphatic carbocycles. The average molecular weight is 288 g/mol. The Bertz CT molecular complexity index is 582. The van der Waals surface area contributed by atoms with Gasteiger partial charge in [0, 0.05) is 16.3 Å². The average Bonchev–Trinajstić information content (AvgIpc) is 2.38. The molecule has 2 aromatic rings. The summed E-state index contributed by atoms with van der Waals surface area (Å²) < 4.78 is 0. The van der Waals surface area contributed by atoms with Crippen LogP contribution in [0.15, 0.2) is 53.4 Å². The number of thiocarbonyl (C=S) groups is 1. The molecule has 0 bridgehead atoms. The predicted octanol–water partition coefficient (Wildman–Crippen LogP) is 4.53. The highest BCUT2D eigenvalue weighted by Crippen LogP contribution is 2.19. The summed E-state index contributed by atoms with van der Waals surface area (Å²) >= 11 is 7.02. The molecule has 0 aromatic heterocycles. The van der Waals surface area contributed by atoms with Gasteiger partial charge in [0.05, 0.1) is 0 Å². The molecule has 2 rings (SSSR count). The minimum atomic E-state index is 0.601. The summed E-state index contributed by atoms with van der Waals surface area (Å²) in [5.41, 5.74) is 3.20. The predicted molar refractivity (Wildman–Crippen MR) is 89.2 cm³/mol. The molecule has 98 valence electrons. The Morgan fingerprint density at radius 2 is 1.63 bits per heavy atom. The van der Waals surface area contributed by atoms with Crippen molar-refractivity contribution in [2.75, 3.05) is 16.9 Å². The van der Waals surface area contributed by atoms with E-state index in [0.717, 1.165) is 11.4 Å². The van der Waals surface area contributed by atoms with E-state index in [9.17, 15) is 0 Å². The lowest BCUT2D eigenvalue weighted by Crippen LogP contribution is -2.19. The summed E-state index contributed by atoms with van der Waals surface area (Å²) in [4.78, 5) is 1.21. The van der Waals surface area contributed by atoms with Crippen LogP contribution in [0.3, 0.4) is 0 Å². The SMILES string of the molecule is CSc1cccc(NC(=S)Nc2cccc(C)c2)c1. The van der Waals surface area contributed by atoms with E-state index in [1.54, 1.807) is 11.8 Å². The van der Waals surface area contributed by atoms with Gasteiger partial charge in [-0.2, -0.15) is 0 Å². The third-order valence-electron chi connectivity index (χ3n) is 2.60. The quantitative estimate of drug-likeness (QED) is 0.640. The van der Waals surface area contributed by atoms with Crippen LogP contribution in [-0.2, 0) is 0 Å². The molecule has 0 heterocycles. The Hall–Kier alpha value is -1.52. The highest BCUT2D eigenvalue weighted by Gasteiger charge is 2.00. The van der Waals surface area contributed by atoms with E-state index >= 15 is 0 Å². The molecule has 0 aliphatic rings. The zero-order valence-corrected chi connectivity index (χ0v) is 12.6. The van der Waals surface area contributed by atoms with Gasteiger partial charge < -0.3 is 10.6 Å². The first-order chi connectivity index (χ1) is 9.17. The molecule has 0 unspecified atom stereocenters. The van der Waals surface area contributed by atoms with Crippen molar-refractivity contribution in [1.29, 1.82) is 0 Å². The van der Waals surface area contributed by atoms with Crippen LogP contribution in [-0.4, -0.2) is 11.4 Å². The normalized spacial score (nSPS) is 10.0. The first-order valence-electron chi connectivity index (χ1n) is 5.96. The van der Waals surface area contributed by atoms with E-state index in [2.05, 4.69) is 48.1 Å². The number of anilines is 2. The molecular weight excluding hydrogens is 272 g/mol. The summed E-state index contributed by atoms with van der Waals surface area (Å²) in [7, 11) is 0. The van der Waals surface area contributed by atoms with Gasteiger partial charge in [-0.3, -0.25) is 0 Å². The van der Waals surface area contributed by atoms with Crippen LogP contribution >= 0.6 is 24.0 Å². The van der Waals surface area contributed by atoms with Crippen molar-refractivity contribution in [3.8, 4) is 0 Å². The van der Waals surface area contributed by atoms with Gasteiger partial charge in [0.1, 0.15) is 0 Å². The van der Waals surface area contributed by atoms with Crippen LogP contribution < -0.4 is 10.6 Å². The number of benzene rings is 2. The van der Waals surface area contributed by atoms with Crippen LogP contribution in [0.5, 0.6) is 0 Å². The molecule has 0 radical (unpaired) electrons. The van der Waals surface area contributed by atoms with Gasteiger partial charge >= 0.3 is 0 Å². The monoisotopic (exact) mass is 288 g/mol. The van der Waals surface area contributed by atoms with Crippen LogP contribution in [0.1, 0.15) is 5.56 Å². The highest BCUT2D eigenvalue weighted by molar-refractivity contribution is 7.98. The Balaban J connectivity index is 2.01. The topological polar surface area (TPSA) is 24.1 Å². The molecular formula is C15H16N2S2. The van der Waals surface area contributed by atoms with Gasteiger partial charge in [-0.1, -0.05) is 18.2 Å². The number of thioether (sulfide) groups is 1. The lowest BCUT2D eigenvalue weighted by molar-refractivity contribution is 1.45. The Morgan fingerprint density at radius 1 is 1.00 bits per heavy atom. The highest BCUT2D eigenvalue weighted by atomic mass is 32.2. The van der Waals surface area contributed by atoms with Crippen molar-refractivity contribution < 1.29 is 0 Å². The number of aryl methyl sites for hydroxylation is 1. The molecule has 2 N–H and O–H groups in total. The fraction of sp³-hybridized carbons (Fsp3) is 0.133. The fourth-order valence-electron chi connectivity index (χ4n) is 1.72. The van der Waals surface area contributed by atoms with Crippen molar-refractivity contribution in [3.63, 3.8) is 0 Å². The van der Waals surface area contributed by atoms with Gasteiger partial charge in [-0.15, -0.1) is 11.8 Å². The summed E-state index contributed by atoms with van der Waals surface area (Å²) in [5.74, 6) is 0. The molecule has 4 heteroatoms. The lowest BCUT2D eigenvalue weighted by atomic mass is 10.2. The van der Waals surface area contributed by atoms with E-state index in [-0.39, 0.29) is 0 Å². The zero-order chi connectivity index (χ0) is 13.7. The Labute approximate surface area is 123 Å². The molecule has 0 spiro atoms. The van der Waals surface area contributed by atoms with Crippen LogP contribution in [0.25, 0.3) is 0 Å². The van der Waals surface area contributed by atoms with E-state index in [1.165, 1.54) is 10.5 Å². The Morgan fingerprint density at radius 3 is 2.26 bits per heavy atom. The third-order valence-corrected chi connectivity index (χ3v) is 3.53. The second-order valence-electron chi connectivity index (χ2n) is 4.18. The molecule has 0 atom stereocenters. The van der Waals surface area contributed by atoms with Crippen LogP contribution in [0, 0.1) is 6.92 Å². The number of nitrogens with one attached hydrogen (secondary N) is 2. The van der Waals surface area contributed by atoms with Gasteiger partial charge in [0.15, 0.2) is 5.11 Å². The molecule has 0 saturated heterocycles. The number of hydrogen-bond donors (Lipinski definition) is 2. The zero-order valence-electron chi connectivity index (χ0n) is 10.9. The van der Waals surface area contributed by atoms with Crippen molar-refractivity contribution in [2.45, 2.75) is 11.8 Å². The minimum Gasteiger partial charge on any atom is -0.332 e. The maximum absolute atomic E-state index is 5.31. The van der Waals surface area contributed by atoms with E-state index in [4.69, 9.17) is 12.2 Å². The van der Waals surface area contributed by atoms with Gasteiger partial charge in [-0.25, -0.2) is 0 Å². The van der Waals surface area contributed by atoms with E-state index < -0.39 is 0 Å². The molecule has 19 heavy (non-hydrogen) atoms. The van der Waals surface area contributed by atoms with Crippen molar-refractivity contribution in [3.05, 3.63) is 54.1 Å². The molecule has 2 aromatic carbocycles. The van der Waals surface area contributed by atoms with Gasteiger partial charge in [0.2, 0.25) is 0 Å². The van der Waals surface area contributed by atoms with Crippen LogP contribution in [0.2, 0.25) is 0 Å². The summed E-state index contributed by atoms with van der Waals surface area (Å²) in [6.45, 7) is 2.06. The van der Waals surface area contributed by atoms with Crippen molar-refractivity contribution in [2.24, 2.45) is 0 Å². The molecule has 0 saturated carbocycles. The molecule has 0 aliphatic heterocycles. The fourth-order valence-corrected chi connectivity index (χ4v) is 2.41. The third kappa shape index (κ3) is 4.26. The first kappa shape index (κ1) is 13.9. The summed E-state index contributed by atoms with van der Waals surface area (Å²) in [6.07, 6.45) is 2.06. The first-order valence-corrected chi connectivity index (χ1v) is 7.59. The number of hydrogen-bond acceptors (Lipinski definition) is 2. The molecule has 2 nitrogen and oxygen atoms in total. The van der Waals surface area contributed by atoms with E-state index in [0.29, 0.717) is 5.11 Å². The van der Waals surface area contributed by atoms with Crippen LogP contribution in [0.4, 0.5) is 11.4 Å². The maximum atomic E-state index is 5.31. The van der Waals surface area contributed by atoms with Crippen molar-refractivity contribution in [1.82, 2.24) is 0 Å². The minimum absolute atomic E-state index is 0.601. The number of rotatable bonds is 3. The lowest BCUT2D eigenvalue weighted by Gasteiger charge is -2.11. The largest absolute Gasteiger partial charge is 0.332 e. The van der Waals surface area contributed by atoms with E-state index in [1.807, 2.05) is 24.3 Å². The van der Waals surface area contributed by atoms with Crippen molar-refractivity contribution >= 4 is 40.5 Å². The maximum Gasteiger partial charge on any atom is 0.175 e.